The molecule has 2 heterocycles. The molecule has 2 fully saturated rings. The Labute approximate surface area is 146 Å². The van der Waals surface area contributed by atoms with Crippen molar-refractivity contribution in [2.75, 3.05) is 19.8 Å². The highest BCUT2D eigenvalue weighted by molar-refractivity contribution is 7.13. The van der Waals surface area contributed by atoms with E-state index in [-0.39, 0.29) is 5.91 Å². The third-order valence-corrected chi connectivity index (χ3v) is 5.73. The maximum atomic E-state index is 12.9. The van der Waals surface area contributed by atoms with Crippen molar-refractivity contribution in [1.29, 1.82) is 0 Å². The summed E-state index contributed by atoms with van der Waals surface area (Å²) in [6.07, 6.45) is 3.34. The molecule has 2 aromatic rings. The average molecular weight is 342 g/mol. The molecule has 4 rings (SSSR count). The second kappa shape index (κ2) is 6.65. The standard InChI is InChI=1S/C19H22N2O2S/c1-13-12-24-18(20-13)15-2-4-16(5-3-15)19(22)21(17-6-7-17)10-14-8-9-23-11-14/h2-5,12,14,17H,6-11H2,1H3. The molecule has 4 nitrogen and oxygen atoms in total. The number of nitrogens with zero attached hydrogens (tertiary/aromatic N) is 2. The number of carbonyl (C=O) groups excluding carboxylic acids is 1. The largest absolute Gasteiger partial charge is 0.381 e. The van der Waals surface area contributed by atoms with Gasteiger partial charge in [-0.05, 0) is 38.3 Å². The number of rotatable bonds is 5. The van der Waals surface area contributed by atoms with E-state index in [9.17, 15) is 4.79 Å². The van der Waals surface area contributed by atoms with Crippen molar-refractivity contribution < 1.29 is 9.53 Å². The minimum absolute atomic E-state index is 0.159. The molecule has 1 unspecified atom stereocenters. The molecule has 1 amide bonds. The SMILES string of the molecule is Cc1csc(-c2ccc(C(=O)N(CC3CCOC3)C3CC3)cc2)n1. The van der Waals surface area contributed by atoms with Gasteiger partial charge in [0.1, 0.15) is 5.01 Å². The lowest BCUT2D eigenvalue weighted by Crippen LogP contribution is -2.37. The zero-order valence-electron chi connectivity index (χ0n) is 13.9. The molecule has 1 saturated heterocycles. The van der Waals surface area contributed by atoms with E-state index in [1.807, 2.05) is 36.6 Å². The van der Waals surface area contributed by atoms with Gasteiger partial charge >= 0.3 is 0 Å². The fourth-order valence-corrected chi connectivity index (χ4v) is 4.00. The van der Waals surface area contributed by atoms with Crippen LogP contribution in [-0.4, -0.2) is 41.6 Å². The molecule has 0 spiro atoms. The van der Waals surface area contributed by atoms with Crippen LogP contribution in [0.15, 0.2) is 29.6 Å². The molecule has 24 heavy (non-hydrogen) atoms. The summed E-state index contributed by atoms with van der Waals surface area (Å²) in [5.74, 6) is 0.651. The Kier molecular flexibility index (Phi) is 4.37. The molecule has 1 aromatic carbocycles. The van der Waals surface area contributed by atoms with Crippen LogP contribution in [0.5, 0.6) is 0 Å². The lowest BCUT2D eigenvalue weighted by Gasteiger charge is -2.25. The summed E-state index contributed by atoms with van der Waals surface area (Å²) >= 11 is 1.64. The molecule has 126 valence electrons. The first-order chi connectivity index (χ1) is 11.7. The van der Waals surface area contributed by atoms with Crippen LogP contribution in [0.1, 0.15) is 35.3 Å². The lowest BCUT2D eigenvalue weighted by atomic mass is 10.1. The highest BCUT2D eigenvalue weighted by Gasteiger charge is 2.35. The Morgan fingerprint density at radius 3 is 2.67 bits per heavy atom. The van der Waals surface area contributed by atoms with Gasteiger partial charge in [0.15, 0.2) is 0 Å². The van der Waals surface area contributed by atoms with Crippen LogP contribution in [0, 0.1) is 12.8 Å². The topological polar surface area (TPSA) is 42.4 Å². The number of ether oxygens (including phenoxy) is 1. The Morgan fingerprint density at radius 1 is 1.29 bits per heavy atom. The Bertz CT molecular complexity index is 715. The number of aryl methyl sites for hydroxylation is 1. The predicted octanol–water partition coefficient (Wildman–Crippen LogP) is 3.76. The van der Waals surface area contributed by atoms with Crippen LogP contribution in [0.2, 0.25) is 0 Å². The molecule has 0 radical (unpaired) electrons. The Morgan fingerprint density at radius 2 is 2.08 bits per heavy atom. The van der Waals surface area contributed by atoms with Gasteiger partial charge in [0.05, 0.1) is 6.61 Å². The van der Waals surface area contributed by atoms with Gasteiger partial charge in [-0.15, -0.1) is 11.3 Å². The van der Waals surface area contributed by atoms with Crippen LogP contribution in [0.4, 0.5) is 0 Å². The number of aromatic nitrogens is 1. The second-order valence-electron chi connectivity index (χ2n) is 6.79. The van der Waals surface area contributed by atoms with Crippen LogP contribution < -0.4 is 0 Å². The number of hydrogen-bond donors (Lipinski definition) is 0. The van der Waals surface area contributed by atoms with Crippen LogP contribution in [-0.2, 0) is 4.74 Å². The number of amides is 1. The maximum absolute atomic E-state index is 12.9. The fraction of sp³-hybridized carbons (Fsp3) is 0.474. The summed E-state index contributed by atoms with van der Waals surface area (Å²) in [7, 11) is 0. The summed E-state index contributed by atoms with van der Waals surface area (Å²) in [5.41, 5.74) is 2.89. The van der Waals surface area contributed by atoms with Gasteiger partial charge in [0.25, 0.3) is 5.91 Å². The van der Waals surface area contributed by atoms with E-state index < -0.39 is 0 Å². The molecule has 1 aliphatic heterocycles. The van der Waals surface area contributed by atoms with Crippen molar-refractivity contribution in [1.82, 2.24) is 9.88 Å². The van der Waals surface area contributed by atoms with Gasteiger partial charge < -0.3 is 9.64 Å². The van der Waals surface area contributed by atoms with Gasteiger partial charge in [-0.3, -0.25) is 4.79 Å². The van der Waals surface area contributed by atoms with Crippen molar-refractivity contribution in [2.24, 2.45) is 5.92 Å². The predicted molar refractivity (Wildman–Crippen MR) is 95.3 cm³/mol. The Hall–Kier alpha value is -1.72. The minimum Gasteiger partial charge on any atom is -0.381 e. The van der Waals surface area contributed by atoms with Gasteiger partial charge in [0, 0.05) is 47.3 Å². The molecule has 1 aliphatic carbocycles. The van der Waals surface area contributed by atoms with Crippen LogP contribution in [0.3, 0.4) is 0 Å². The number of thiazole rings is 1. The molecule has 5 heteroatoms. The van der Waals surface area contributed by atoms with E-state index in [0.717, 1.165) is 60.8 Å². The van der Waals surface area contributed by atoms with E-state index in [2.05, 4.69) is 9.88 Å². The van der Waals surface area contributed by atoms with Crippen molar-refractivity contribution >= 4 is 17.2 Å². The van der Waals surface area contributed by atoms with E-state index >= 15 is 0 Å². The smallest absolute Gasteiger partial charge is 0.254 e. The van der Waals surface area contributed by atoms with Crippen molar-refractivity contribution in [2.45, 2.75) is 32.2 Å². The van der Waals surface area contributed by atoms with Crippen LogP contribution >= 0.6 is 11.3 Å². The van der Waals surface area contributed by atoms with Gasteiger partial charge in [-0.2, -0.15) is 0 Å². The van der Waals surface area contributed by atoms with Gasteiger partial charge in [0.2, 0.25) is 0 Å². The quantitative estimate of drug-likeness (QED) is 0.831. The average Bonchev–Trinajstić information content (AvgIpc) is 3.13. The highest BCUT2D eigenvalue weighted by Crippen LogP contribution is 2.31. The van der Waals surface area contributed by atoms with Gasteiger partial charge in [-0.25, -0.2) is 4.98 Å². The Balaban J connectivity index is 1.49. The summed E-state index contributed by atoms with van der Waals surface area (Å²) in [4.78, 5) is 19.5. The molecular formula is C19H22N2O2S. The molecule has 1 atom stereocenters. The lowest BCUT2D eigenvalue weighted by molar-refractivity contribution is 0.0706. The van der Waals surface area contributed by atoms with E-state index in [1.54, 1.807) is 11.3 Å². The molecule has 0 N–H and O–H groups in total. The number of carbonyl (C=O) groups is 1. The van der Waals surface area contributed by atoms with E-state index in [0.29, 0.717) is 12.0 Å². The minimum atomic E-state index is 0.159. The molecule has 0 bridgehead atoms. The third kappa shape index (κ3) is 3.37. The number of hydrogen-bond acceptors (Lipinski definition) is 4. The van der Waals surface area contributed by atoms with Crippen LogP contribution in [0.25, 0.3) is 10.6 Å². The van der Waals surface area contributed by atoms with Crippen molar-refractivity contribution in [3.63, 3.8) is 0 Å². The molecule has 1 saturated carbocycles. The molecule has 2 aliphatic rings. The number of benzene rings is 1. The molecular weight excluding hydrogens is 320 g/mol. The highest BCUT2D eigenvalue weighted by atomic mass is 32.1. The monoisotopic (exact) mass is 342 g/mol. The summed E-state index contributed by atoms with van der Waals surface area (Å²) in [6, 6.07) is 8.33. The van der Waals surface area contributed by atoms with E-state index in [1.165, 1.54) is 0 Å². The fourth-order valence-electron chi connectivity index (χ4n) is 3.20. The second-order valence-corrected chi connectivity index (χ2v) is 7.65. The summed E-state index contributed by atoms with van der Waals surface area (Å²) in [6.45, 7) is 4.45. The van der Waals surface area contributed by atoms with E-state index in [4.69, 9.17) is 4.74 Å². The third-order valence-electron chi connectivity index (χ3n) is 4.73. The zero-order valence-corrected chi connectivity index (χ0v) is 14.7. The normalized spacial score (nSPS) is 20.3. The maximum Gasteiger partial charge on any atom is 0.254 e. The molecule has 1 aromatic heterocycles. The summed E-state index contributed by atoms with van der Waals surface area (Å²) in [5, 5.41) is 3.06. The van der Waals surface area contributed by atoms with Crippen molar-refractivity contribution in [3.05, 3.63) is 40.9 Å². The summed E-state index contributed by atoms with van der Waals surface area (Å²) < 4.78 is 5.47. The zero-order chi connectivity index (χ0) is 16.5. The first-order valence-corrected chi connectivity index (χ1v) is 9.50. The first-order valence-electron chi connectivity index (χ1n) is 8.62. The first kappa shape index (κ1) is 15.8. The van der Waals surface area contributed by atoms with Crippen molar-refractivity contribution in [3.8, 4) is 10.6 Å². The van der Waals surface area contributed by atoms with Gasteiger partial charge in [-0.1, -0.05) is 12.1 Å².